The summed E-state index contributed by atoms with van der Waals surface area (Å²) in [5, 5.41) is 8.60. The van der Waals surface area contributed by atoms with Gasteiger partial charge in [-0.2, -0.15) is 0 Å². The zero-order valence-electron chi connectivity index (χ0n) is 12.6. The molecule has 3 N–H and O–H groups in total. The lowest BCUT2D eigenvalue weighted by molar-refractivity contribution is -0.136. The van der Waals surface area contributed by atoms with Crippen LogP contribution < -0.4 is 15.0 Å². The lowest BCUT2D eigenvalue weighted by Gasteiger charge is -2.08. The quantitative estimate of drug-likeness (QED) is 0.662. The van der Waals surface area contributed by atoms with Gasteiger partial charge in [-0.25, -0.2) is 18.1 Å². The van der Waals surface area contributed by atoms with Gasteiger partial charge in [-0.15, -0.1) is 0 Å². The number of rotatable bonds is 7. The maximum absolute atomic E-state index is 12.2. The van der Waals surface area contributed by atoms with Gasteiger partial charge in [0.25, 0.3) is 15.6 Å². The molecule has 1 aromatic heterocycles. The molecule has 0 radical (unpaired) electrons. The number of nitrogens with zero attached hydrogens (tertiary/aromatic N) is 1. The highest BCUT2D eigenvalue weighted by Crippen LogP contribution is 2.17. The molecule has 2 aromatic rings. The number of nitrogens with one attached hydrogen (secondary N) is 2. The number of sulfonamides is 1. The van der Waals surface area contributed by atoms with Crippen LogP contribution in [0.3, 0.4) is 0 Å². The summed E-state index contributed by atoms with van der Waals surface area (Å²) in [5.74, 6) is -0.795. The fraction of sp³-hybridized carbons (Fsp3) is 0.214. The minimum Gasteiger partial charge on any atom is -0.497 e. The summed E-state index contributed by atoms with van der Waals surface area (Å²) in [6.07, 6.45) is 0.929. The Hall–Kier alpha value is -2.88. The van der Waals surface area contributed by atoms with Crippen molar-refractivity contribution >= 4 is 21.9 Å². The van der Waals surface area contributed by atoms with E-state index >= 15 is 0 Å². The molecule has 0 atom stereocenters. The van der Waals surface area contributed by atoms with Crippen LogP contribution in [-0.2, 0) is 21.2 Å². The van der Waals surface area contributed by atoms with E-state index in [0.717, 1.165) is 6.20 Å². The number of H-pyrrole nitrogens is 1. The SMILES string of the molecule is COc1ccc(S(=O)(=O)Nc2ncc(CCC(=O)O)c(=O)[nH]2)cc1. The van der Waals surface area contributed by atoms with Crippen LogP contribution in [0.15, 0.2) is 40.2 Å². The smallest absolute Gasteiger partial charge is 0.303 e. The number of carboxylic acid groups (broad SMARTS) is 1. The second-order valence-electron chi connectivity index (χ2n) is 4.76. The third-order valence-electron chi connectivity index (χ3n) is 3.08. The molecule has 0 fully saturated rings. The average molecular weight is 353 g/mol. The molecule has 0 unspecified atom stereocenters. The van der Waals surface area contributed by atoms with Crippen molar-refractivity contribution in [1.82, 2.24) is 9.97 Å². The summed E-state index contributed by atoms with van der Waals surface area (Å²) in [5.41, 5.74) is -0.441. The van der Waals surface area contributed by atoms with Gasteiger partial charge in [0, 0.05) is 18.2 Å². The Bertz CT molecular complexity index is 889. The predicted molar refractivity (Wildman–Crippen MR) is 84.6 cm³/mol. The Labute approximate surface area is 137 Å². The molecule has 0 amide bonds. The number of ether oxygens (including phenoxy) is 1. The molecular formula is C14H15N3O6S. The van der Waals surface area contributed by atoms with Crippen molar-refractivity contribution in [2.75, 3.05) is 11.8 Å². The van der Waals surface area contributed by atoms with E-state index in [2.05, 4.69) is 14.7 Å². The third-order valence-corrected chi connectivity index (χ3v) is 4.44. The second kappa shape index (κ2) is 7.13. The summed E-state index contributed by atoms with van der Waals surface area (Å²) in [4.78, 5) is 28.4. The first kappa shape index (κ1) is 17.5. The van der Waals surface area contributed by atoms with Crippen LogP contribution in [-0.4, -0.2) is 36.6 Å². The Morgan fingerprint density at radius 2 is 2.00 bits per heavy atom. The monoisotopic (exact) mass is 353 g/mol. The predicted octanol–water partition coefficient (Wildman–Crippen LogP) is 0.596. The van der Waals surface area contributed by atoms with Crippen LogP contribution >= 0.6 is 0 Å². The molecule has 0 aliphatic carbocycles. The van der Waals surface area contributed by atoms with Gasteiger partial charge in [0.05, 0.1) is 12.0 Å². The van der Waals surface area contributed by atoms with Crippen molar-refractivity contribution in [2.24, 2.45) is 0 Å². The maximum Gasteiger partial charge on any atom is 0.303 e. The fourth-order valence-electron chi connectivity index (χ4n) is 1.83. The van der Waals surface area contributed by atoms with Gasteiger partial charge in [0.2, 0.25) is 5.95 Å². The molecule has 9 nitrogen and oxygen atoms in total. The van der Waals surface area contributed by atoms with E-state index in [0.29, 0.717) is 5.75 Å². The lowest BCUT2D eigenvalue weighted by atomic mass is 10.2. The lowest BCUT2D eigenvalue weighted by Crippen LogP contribution is -2.21. The van der Waals surface area contributed by atoms with Crippen LogP contribution in [0.5, 0.6) is 5.75 Å². The molecular weight excluding hydrogens is 338 g/mol. The Balaban J connectivity index is 2.18. The molecule has 2 rings (SSSR count). The van der Waals surface area contributed by atoms with Crippen molar-refractivity contribution < 1.29 is 23.1 Å². The van der Waals surface area contributed by atoms with Gasteiger partial charge in [-0.05, 0) is 30.7 Å². The van der Waals surface area contributed by atoms with Crippen LogP contribution in [0.1, 0.15) is 12.0 Å². The first-order chi connectivity index (χ1) is 11.3. The number of hydrogen-bond acceptors (Lipinski definition) is 6. The van der Waals surface area contributed by atoms with Crippen molar-refractivity contribution in [3.63, 3.8) is 0 Å². The van der Waals surface area contributed by atoms with E-state index in [4.69, 9.17) is 9.84 Å². The van der Waals surface area contributed by atoms with Gasteiger partial charge >= 0.3 is 5.97 Å². The van der Waals surface area contributed by atoms with Gasteiger partial charge < -0.3 is 9.84 Å². The standard InChI is InChI=1S/C14H15N3O6S/c1-23-10-3-5-11(6-4-10)24(21,22)17-14-15-8-9(13(20)16-14)2-7-12(18)19/h3-6,8H,2,7H2,1H3,(H,18,19)(H2,15,16,17,20). The minimum atomic E-state index is -3.93. The van der Waals surface area contributed by atoms with Gasteiger partial charge in [-0.1, -0.05) is 0 Å². The molecule has 0 aliphatic heterocycles. The third kappa shape index (κ3) is 4.32. The fourth-order valence-corrected chi connectivity index (χ4v) is 2.80. The Morgan fingerprint density at radius 1 is 1.33 bits per heavy atom. The number of aromatic amines is 1. The van der Waals surface area contributed by atoms with Crippen LogP contribution in [0, 0.1) is 0 Å². The number of anilines is 1. The van der Waals surface area contributed by atoms with Gasteiger partial charge in [0.1, 0.15) is 5.75 Å². The Morgan fingerprint density at radius 3 is 2.54 bits per heavy atom. The number of benzene rings is 1. The normalized spacial score (nSPS) is 11.0. The summed E-state index contributed by atoms with van der Waals surface area (Å²) < 4.78 is 31.5. The van der Waals surface area contributed by atoms with Crippen molar-refractivity contribution in [3.8, 4) is 5.75 Å². The molecule has 1 aromatic carbocycles. The summed E-state index contributed by atoms with van der Waals surface area (Å²) in [6, 6.07) is 5.67. The summed E-state index contributed by atoms with van der Waals surface area (Å²) in [6.45, 7) is 0. The number of aromatic nitrogens is 2. The topological polar surface area (TPSA) is 138 Å². The van der Waals surface area contributed by atoms with E-state index in [1.807, 2.05) is 0 Å². The first-order valence-electron chi connectivity index (χ1n) is 6.78. The van der Waals surface area contributed by atoms with Crippen molar-refractivity contribution in [1.29, 1.82) is 0 Å². The van der Waals surface area contributed by atoms with Gasteiger partial charge in [0.15, 0.2) is 0 Å². The zero-order valence-corrected chi connectivity index (χ0v) is 13.5. The maximum atomic E-state index is 12.2. The van der Waals surface area contributed by atoms with Crippen molar-refractivity contribution in [3.05, 3.63) is 46.4 Å². The molecule has 24 heavy (non-hydrogen) atoms. The van der Waals surface area contributed by atoms with E-state index in [-0.39, 0.29) is 29.2 Å². The molecule has 10 heteroatoms. The summed E-state index contributed by atoms with van der Waals surface area (Å²) in [7, 11) is -2.47. The molecule has 0 bridgehead atoms. The molecule has 128 valence electrons. The van der Waals surface area contributed by atoms with E-state index in [9.17, 15) is 18.0 Å². The molecule has 0 aliphatic rings. The van der Waals surface area contributed by atoms with E-state index in [1.54, 1.807) is 0 Å². The Kier molecular flexibility index (Phi) is 5.19. The molecule has 0 spiro atoms. The number of carbonyl (C=O) groups is 1. The van der Waals surface area contributed by atoms with Crippen molar-refractivity contribution in [2.45, 2.75) is 17.7 Å². The van der Waals surface area contributed by atoms with Gasteiger partial charge in [-0.3, -0.25) is 14.6 Å². The van der Waals surface area contributed by atoms with Crippen LogP contribution in [0.2, 0.25) is 0 Å². The summed E-state index contributed by atoms with van der Waals surface area (Å²) >= 11 is 0. The average Bonchev–Trinajstić information content (AvgIpc) is 2.53. The largest absolute Gasteiger partial charge is 0.497 e. The second-order valence-corrected chi connectivity index (χ2v) is 6.44. The van der Waals surface area contributed by atoms with E-state index < -0.39 is 21.6 Å². The highest BCUT2D eigenvalue weighted by atomic mass is 32.2. The van der Waals surface area contributed by atoms with E-state index in [1.165, 1.54) is 31.4 Å². The molecule has 1 heterocycles. The highest BCUT2D eigenvalue weighted by molar-refractivity contribution is 7.92. The number of aliphatic carboxylic acids is 1. The first-order valence-corrected chi connectivity index (χ1v) is 8.27. The number of methoxy groups -OCH3 is 1. The number of hydrogen-bond donors (Lipinski definition) is 3. The molecule has 0 saturated heterocycles. The highest BCUT2D eigenvalue weighted by Gasteiger charge is 2.16. The van der Waals surface area contributed by atoms with Crippen LogP contribution in [0.4, 0.5) is 5.95 Å². The number of aryl methyl sites for hydroxylation is 1. The minimum absolute atomic E-state index is 0.00315. The zero-order chi connectivity index (χ0) is 17.7. The molecule has 0 saturated carbocycles. The van der Waals surface area contributed by atoms with Crippen LogP contribution in [0.25, 0.3) is 0 Å². The number of carboxylic acids is 1.